The van der Waals surface area contributed by atoms with Crippen molar-refractivity contribution in [2.75, 3.05) is 6.61 Å². The van der Waals surface area contributed by atoms with Crippen molar-refractivity contribution in [3.8, 4) is 5.75 Å². The summed E-state index contributed by atoms with van der Waals surface area (Å²) in [5, 5.41) is 0. The minimum Gasteiger partial charge on any atom is -0.490 e. The lowest BCUT2D eigenvalue weighted by Gasteiger charge is -2.12. The molecule has 1 atom stereocenters. The third-order valence-corrected chi connectivity index (χ3v) is 2.64. The zero-order valence-corrected chi connectivity index (χ0v) is 10.6. The van der Waals surface area contributed by atoms with Gasteiger partial charge in [0.05, 0.1) is 6.61 Å². The number of Topliss-reactive ketones (excluding diaryl/α,β-unsaturated/α-hetero) is 1. The highest BCUT2D eigenvalue weighted by Crippen LogP contribution is 2.20. The molecule has 0 aromatic heterocycles. The highest BCUT2D eigenvalue weighted by Gasteiger charge is 2.09. The van der Waals surface area contributed by atoms with Crippen molar-refractivity contribution in [2.45, 2.75) is 33.6 Å². The first-order chi connectivity index (χ1) is 8.04. The van der Waals surface area contributed by atoms with Gasteiger partial charge in [-0.2, -0.15) is 0 Å². The van der Waals surface area contributed by atoms with E-state index in [1.54, 1.807) is 6.07 Å². The normalized spacial score (nSPS) is 12.2. The van der Waals surface area contributed by atoms with Gasteiger partial charge in [0.1, 0.15) is 0 Å². The van der Waals surface area contributed by atoms with Crippen molar-refractivity contribution in [3.63, 3.8) is 0 Å². The molecule has 0 saturated heterocycles. The Balaban J connectivity index is 2.63. The highest BCUT2D eigenvalue weighted by atomic mass is 19.1. The Hall–Kier alpha value is -1.38. The van der Waals surface area contributed by atoms with Crippen molar-refractivity contribution in [3.05, 3.63) is 29.6 Å². The standard InChI is InChI=1S/C14H19FO2/c1-4-5-10(2)9-17-14-7-6-12(11(3)16)8-13(14)15/h6-8,10H,4-5,9H2,1-3H3. The van der Waals surface area contributed by atoms with Gasteiger partial charge in [0.15, 0.2) is 17.3 Å². The van der Waals surface area contributed by atoms with Gasteiger partial charge in [-0.25, -0.2) is 4.39 Å². The van der Waals surface area contributed by atoms with Gasteiger partial charge in [-0.15, -0.1) is 0 Å². The minimum absolute atomic E-state index is 0.144. The monoisotopic (exact) mass is 238 g/mol. The Labute approximate surface area is 102 Å². The highest BCUT2D eigenvalue weighted by molar-refractivity contribution is 5.94. The van der Waals surface area contributed by atoms with E-state index in [1.807, 2.05) is 0 Å². The van der Waals surface area contributed by atoms with Gasteiger partial charge >= 0.3 is 0 Å². The van der Waals surface area contributed by atoms with E-state index in [0.717, 1.165) is 12.8 Å². The molecule has 0 N–H and O–H groups in total. The van der Waals surface area contributed by atoms with Gasteiger partial charge in [-0.3, -0.25) is 4.79 Å². The van der Waals surface area contributed by atoms with Crippen LogP contribution in [-0.2, 0) is 0 Å². The maximum absolute atomic E-state index is 13.6. The van der Waals surface area contributed by atoms with Crippen molar-refractivity contribution in [1.82, 2.24) is 0 Å². The van der Waals surface area contributed by atoms with Gasteiger partial charge < -0.3 is 4.74 Å². The molecule has 0 aliphatic heterocycles. The smallest absolute Gasteiger partial charge is 0.165 e. The van der Waals surface area contributed by atoms with E-state index in [9.17, 15) is 9.18 Å². The third-order valence-electron chi connectivity index (χ3n) is 2.64. The van der Waals surface area contributed by atoms with Crippen LogP contribution in [0.3, 0.4) is 0 Å². The molecular weight excluding hydrogens is 219 g/mol. The number of ether oxygens (including phenoxy) is 1. The number of hydrogen-bond acceptors (Lipinski definition) is 2. The number of rotatable bonds is 6. The van der Waals surface area contributed by atoms with Crippen LogP contribution in [0.5, 0.6) is 5.75 Å². The first-order valence-corrected chi connectivity index (χ1v) is 5.97. The first kappa shape index (κ1) is 13.7. The summed E-state index contributed by atoms with van der Waals surface area (Å²) in [6, 6.07) is 4.33. The van der Waals surface area contributed by atoms with Crippen LogP contribution in [0.4, 0.5) is 4.39 Å². The van der Waals surface area contributed by atoms with Gasteiger partial charge in [-0.1, -0.05) is 20.3 Å². The first-order valence-electron chi connectivity index (χ1n) is 5.97. The average Bonchev–Trinajstić information content (AvgIpc) is 2.27. The van der Waals surface area contributed by atoms with E-state index >= 15 is 0 Å². The SMILES string of the molecule is CCCC(C)COc1ccc(C(C)=O)cc1F. The molecule has 0 aliphatic carbocycles. The van der Waals surface area contributed by atoms with Gasteiger partial charge in [-0.05, 0) is 37.5 Å². The molecule has 1 rings (SSSR count). The average molecular weight is 238 g/mol. The van der Waals surface area contributed by atoms with Crippen molar-refractivity contribution in [1.29, 1.82) is 0 Å². The fraction of sp³-hybridized carbons (Fsp3) is 0.500. The fourth-order valence-electron chi connectivity index (χ4n) is 1.65. The summed E-state index contributed by atoms with van der Waals surface area (Å²) in [6.45, 7) is 6.10. The Morgan fingerprint density at radius 3 is 2.71 bits per heavy atom. The summed E-state index contributed by atoms with van der Waals surface area (Å²) in [7, 11) is 0. The molecule has 0 radical (unpaired) electrons. The Kier molecular flexibility index (Phi) is 5.13. The van der Waals surface area contributed by atoms with Crippen molar-refractivity contribution in [2.24, 2.45) is 5.92 Å². The van der Waals surface area contributed by atoms with Gasteiger partial charge in [0.25, 0.3) is 0 Å². The fourth-order valence-corrected chi connectivity index (χ4v) is 1.65. The molecule has 1 unspecified atom stereocenters. The van der Waals surface area contributed by atoms with Gasteiger partial charge in [0, 0.05) is 5.56 Å². The van der Waals surface area contributed by atoms with Crippen molar-refractivity contribution < 1.29 is 13.9 Å². The summed E-state index contributed by atoms with van der Waals surface area (Å²) in [6.07, 6.45) is 2.16. The molecule has 0 bridgehead atoms. The summed E-state index contributed by atoms with van der Waals surface area (Å²) in [5.74, 6) is 0.0148. The number of benzene rings is 1. The summed E-state index contributed by atoms with van der Waals surface area (Å²) in [5.41, 5.74) is 0.372. The molecule has 0 heterocycles. The van der Waals surface area contributed by atoms with E-state index in [4.69, 9.17) is 4.74 Å². The Morgan fingerprint density at radius 1 is 1.47 bits per heavy atom. The lowest BCUT2D eigenvalue weighted by Crippen LogP contribution is -2.09. The van der Waals surface area contributed by atoms with E-state index in [0.29, 0.717) is 18.1 Å². The molecule has 94 valence electrons. The number of ketones is 1. The van der Waals surface area contributed by atoms with Crippen LogP contribution in [0.1, 0.15) is 44.0 Å². The zero-order valence-electron chi connectivity index (χ0n) is 10.6. The molecule has 0 saturated carbocycles. The molecular formula is C14H19FO2. The second-order valence-electron chi connectivity index (χ2n) is 4.41. The van der Waals surface area contributed by atoms with Crippen LogP contribution >= 0.6 is 0 Å². The van der Waals surface area contributed by atoms with E-state index < -0.39 is 5.82 Å². The lowest BCUT2D eigenvalue weighted by molar-refractivity contribution is 0.101. The lowest BCUT2D eigenvalue weighted by atomic mass is 10.1. The van der Waals surface area contributed by atoms with E-state index in [-0.39, 0.29) is 11.5 Å². The van der Waals surface area contributed by atoms with Crippen LogP contribution in [-0.4, -0.2) is 12.4 Å². The Morgan fingerprint density at radius 2 is 2.18 bits per heavy atom. The predicted molar refractivity (Wildman–Crippen MR) is 66.0 cm³/mol. The number of carbonyl (C=O) groups is 1. The molecule has 1 aromatic rings. The van der Waals surface area contributed by atoms with Crippen LogP contribution in [0, 0.1) is 11.7 Å². The predicted octanol–water partition coefficient (Wildman–Crippen LogP) is 3.84. The molecule has 0 fully saturated rings. The maximum atomic E-state index is 13.6. The van der Waals surface area contributed by atoms with Crippen molar-refractivity contribution >= 4 is 5.78 Å². The largest absolute Gasteiger partial charge is 0.490 e. The number of carbonyl (C=O) groups excluding carboxylic acids is 1. The number of hydrogen-bond donors (Lipinski definition) is 0. The third kappa shape index (κ3) is 4.17. The molecule has 2 nitrogen and oxygen atoms in total. The zero-order chi connectivity index (χ0) is 12.8. The molecule has 0 aliphatic rings. The van der Waals surface area contributed by atoms with E-state index in [2.05, 4.69) is 13.8 Å². The van der Waals surface area contributed by atoms with Gasteiger partial charge in [0.2, 0.25) is 0 Å². The quantitative estimate of drug-likeness (QED) is 0.704. The van der Waals surface area contributed by atoms with Crippen LogP contribution in [0.25, 0.3) is 0 Å². The molecule has 17 heavy (non-hydrogen) atoms. The van der Waals surface area contributed by atoms with Crippen LogP contribution in [0.15, 0.2) is 18.2 Å². The topological polar surface area (TPSA) is 26.3 Å². The number of halogens is 1. The summed E-state index contributed by atoms with van der Waals surface area (Å²) < 4.78 is 19.0. The second-order valence-corrected chi connectivity index (χ2v) is 4.41. The molecule has 3 heteroatoms. The minimum atomic E-state index is -0.471. The summed E-state index contributed by atoms with van der Waals surface area (Å²) >= 11 is 0. The molecule has 0 amide bonds. The molecule has 1 aromatic carbocycles. The maximum Gasteiger partial charge on any atom is 0.165 e. The van der Waals surface area contributed by atoms with Crippen LogP contribution < -0.4 is 4.74 Å². The van der Waals surface area contributed by atoms with E-state index in [1.165, 1.54) is 19.1 Å². The second kappa shape index (κ2) is 6.38. The summed E-state index contributed by atoms with van der Waals surface area (Å²) in [4.78, 5) is 11.1. The molecule has 0 spiro atoms. The Bertz CT molecular complexity index is 388. The van der Waals surface area contributed by atoms with Crippen LogP contribution in [0.2, 0.25) is 0 Å².